The second-order valence-corrected chi connectivity index (χ2v) is 6.23. The Morgan fingerprint density at radius 3 is 2.69 bits per heavy atom. The van der Waals surface area contributed by atoms with Gasteiger partial charge in [0.25, 0.3) is 0 Å². The van der Waals surface area contributed by atoms with Gasteiger partial charge in [-0.3, -0.25) is 0 Å². The molecule has 2 aromatic heterocycles. The van der Waals surface area contributed by atoms with Crippen LogP contribution in [0, 0.1) is 0 Å². The molecule has 3 aromatic rings. The monoisotopic (exact) mass is 348 g/mol. The van der Waals surface area contributed by atoms with Crippen molar-refractivity contribution >= 4 is 17.4 Å². The summed E-state index contributed by atoms with van der Waals surface area (Å²) >= 11 is 0. The Kier molecular flexibility index (Phi) is 4.51. The average molecular weight is 348 g/mol. The molecule has 1 fully saturated rings. The molecule has 0 spiro atoms. The molecule has 2 N–H and O–H groups in total. The van der Waals surface area contributed by atoms with Crippen LogP contribution in [0.1, 0.15) is 6.42 Å². The fourth-order valence-electron chi connectivity index (χ4n) is 3.04. The molecule has 4 rings (SSSR count). The Bertz CT molecular complexity index is 848. The van der Waals surface area contributed by atoms with Crippen molar-refractivity contribution in [2.45, 2.75) is 12.5 Å². The Hall–Kier alpha value is -3.35. The molecule has 132 valence electrons. The van der Waals surface area contributed by atoms with E-state index < -0.39 is 0 Å². The van der Waals surface area contributed by atoms with Crippen LogP contribution in [0.5, 0.6) is 0 Å². The first kappa shape index (κ1) is 16.1. The minimum absolute atomic E-state index is 0.101. The third kappa shape index (κ3) is 3.66. The van der Waals surface area contributed by atoms with E-state index in [1.165, 1.54) is 0 Å². The zero-order valence-corrected chi connectivity index (χ0v) is 14.2. The highest BCUT2D eigenvalue weighted by molar-refractivity contribution is 5.89. The molecule has 1 aliphatic rings. The smallest absolute Gasteiger partial charge is 0.321 e. The van der Waals surface area contributed by atoms with Gasteiger partial charge in [-0.1, -0.05) is 18.2 Å². The van der Waals surface area contributed by atoms with Crippen LogP contribution >= 0.6 is 0 Å². The molecule has 1 aliphatic heterocycles. The number of nitrogens with one attached hydrogen (secondary N) is 2. The molecule has 1 atom stereocenters. The summed E-state index contributed by atoms with van der Waals surface area (Å²) < 4.78 is 1.67. The first-order chi connectivity index (χ1) is 12.8. The standard InChI is InChI=1S/C19H20N6O/c26-19(23-16-7-8-18(20-13-16)25-11-4-10-21-25)24-12-9-17(14-24)22-15-5-2-1-3-6-15/h1-8,10-11,13,17,22H,9,12,14H2,(H,23,26)/t17-/m0/s1. The normalized spacial score (nSPS) is 16.5. The zero-order valence-electron chi connectivity index (χ0n) is 14.2. The molecule has 26 heavy (non-hydrogen) atoms. The summed E-state index contributed by atoms with van der Waals surface area (Å²) in [6.07, 6.45) is 6.10. The summed E-state index contributed by atoms with van der Waals surface area (Å²) in [5.74, 6) is 0.710. The Balaban J connectivity index is 1.32. The fourth-order valence-corrected chi connectivity index (χ4v) is 3.04. The van der Waals surface area contributed by atoms with Crippen molar-refractivity contribution in [1.82, 2.24) is 19.7 Å². The van der Waals surface area contributed by atoms with Crippen molar-refractivity contribution in [3.8, 4) is 5.82 Å². The van der Waals surface area contributed by atoms with Crippen LogP contribution < -0.4 is 10.6 Å². The number of likely N-dealkylation sites (tertiary alicyclic amines) is 1. The van der Waals surface area contributed by atoms with Gasteiger partial charge in [-0.2, -0.15) is 5.10 Å². The molecule has 3 heterocycles. The number of anilines is 2. The lowest BCUT2D eigenvalue weighted by Gasteiger charge is -2.18. The summed E-state index contributed by atoms with van der Waals surface area (Å²) in [6.45, 7) is 1.41. The van der Waals surface area contributed by atoms with E-state index in [1.807, 2.05) is 59.6 Å². The maximum atomic E-state index is 12.5. The topological polar surface area (TPSA) is 75.1 Å². The van der Waals surface area contributed by atoms with E-state index in [0.717, 1.165) is 18.7 Å². The van der Waals surface area contributed by atoms with Crippen LogP contribution in [0.3, 0.4) is 0 Å². The highest BCUT2D eigenvalue weighted by Gasteiger charge is 2.26. The lowest BCUT2D eigenvalue weighted by molar-refractivity contribution is 0.222. The summed E-state index contributed by atoms with van der Waals surface area (Å²) in [6, 6.07) is 15.7. The van der Waals surface area contributed by atoms with Gasteiger partial charge in [0.2, 0.25) is 0 Å². The molecular formula is C19H20N6O. The van der Waals surface area contributed by atoms with Gasteiger partial charge in [0.15, 0.2) is 5.82 Å². The summed E-state index contributed by atoms with van der Waals surface area (Å²) in [7, 11) is 0. The number of pyridine rings is 1. The Morgan fingerprint density at radius 1 is 1.08 bits per heavy atom. The molecule has 7 heteroatoms. The number of hydrogen-bond donors (Lipinski definition) is 2. The van der Waals surface area contributed by atoms with E-state index >= 15 is 0 Å². The van der Waals surface area contributed by atoms with Gasteiger partial charge in [-0.15, -0.1) is 0 Å². The first-order valence-corrected chi connectivity index (χ1v) is 8.61. The highest BCUT2D eigenvalue weighted by atomic mass is 16.2. The minimum Gasteiger partial charge on any atom is -0.380 e. The fraction of sp³-hybridized carbons (Fsp3) is 0.211. The van der Waals surface area contributed by atoms with E-state index in [-0.39, 0.29) is 12.1 Å². The quantitative estimate of drug-likeness (QED) is 0.760. The van der Waals surface area contributed by atoms with Gasteiger partial charge in [0.1, 0.15) is 0 Å². The minimum atomic E-state index is -0.101. The molecule has 0 unspecified atom stereocenters. The number of para-hydroxylation sites is 1. The molecule has 0 saturated carbocycles. The van der Waals surface area contributed by atoms with Crippen molar-refractivity contribution in [2.24, 2.45) is 0 Å². The first-order valence-electron chi connectivity index (χ1n) is 8.61. The van der Waals surface area contributed by atoms with E-state index in [4.69, 9.17) is 0 Å². The molecule has 1 saturated heterocycles. The van der Waals surface area contributed by atoms with Crippen molar-refractivity contribution in [3.05, 3.63) is 67.1 Å². The van der Waals surface area contributed by atoms with Crippen LogP contribution in [0.2, 0.25) is 0 Å². The predicted octanol–water partition coefficient (Wildman–Crippen LogP) is 2.99. The lowest BCUT2D eigenvalue weighted by Crippen LogP contribution is -2.35. The van der Waals surface area contributed by atoms with Gasteiger partial charge in [-0.25, -0.2) is 14.5 Å². The number of carbonyl (C=O) groups is 1. The van der Waals surface area contributed by atoms with E-state index in [0.29, 0.717) is 18.1 Å². The molecular weight excluding hydrogens is 328 g/mol. The molecule has 2 amide bonds. The molecule has 0 radical (unpaired) electrons. The van der Waals surface area contributed by atoms with Crippen molar-refractivity contribution in [1.29, 1.82) is 0 Å². The molecule has 0 bridgehead atoms. The summed E-state index contributed by atoms with van der Waals surface area (Å²) in [5, 5.41) is 10.5. The summed E-state index contributed by atoms with van der Waals surface area (Å²) in [5.41, 5.74) is 1.75. The third-order valence-corrected chi connectivity index (χ3v) is 4.36. The van der Waals surface area contributed by atoms with E-state index in [1.54, 1.807) is 17.1 Å². The number of hydrogen-bond acceptors (Lipinski definition) is 4. The van der Waals surface area contributed by atoms with Crippen LogP contribution in [0.4, 0.5) is 16.2 Å². The van der Waals surface area contributed by atoms with Crippen LogP contribution in [0.15, 0.2) is 67.1 Å². The van der Waals surface area contributed by atoms with E-state index in [9.17, 15) is 4.79 Å². The Morgan fingerprint density at radius 2 is 1.96 bits per heavy atom. The largest absolute Gasteiger partial charge is 0.380 e. The maximum Gasteiger partial charge on any atom is 0.321 e. The van der Waals surface area contributed by atoms with Gasteiger partial charge in [0.05, 0.1) is 11.9 Å². The van der Waals surface area contributed by atoms with Gasteiger partial charge < -0.3 is 15.5 Å². The van der Waals surface area contributed by atoms with E-state index in [2.05, 4.69) is 20.7 Å². The number of amides is 2. The SMILES string of the molecule is O=C(Nc1ccc(-n2cccn2)nc1)N1CC[C@H](Nc2ccccc2)C1. The predicted molar refractivity (Wildman–Crippen MR) is 100 cm³/mol. The number of nitrogens with zero attached hydrogens (tertiary/aromatic N) is 4. The van der Waals surface area contributed by atoms with Crippen LogP contribution in [0.25, 0.3) is 5.82 Å². The molecule has 7 nitrogen and oxygen atoms in total. The molecule has 1 aromatic carbocycles. The second kappa shape index (κ2) is 7.26. The van der Waals surface area contributed by atoms with Crippen LogP contribution in [-0.4, -0.2) is 44.8 Å². The zero-order chi connectivity index (χ0) is 17.8. The number of rotatable bonds is 4. The number of urea groups is 1. The summed E-state index contributed by atoms with van der Waals surface area (Å²) in [4.78, 5) is 18.6. The lowest BCUT2D eigenvalue weighted by atomic mass is 10.2. The third-order valence-electron chi connectivity index (χ3n) is 4.36. The highest BCUT2D eigenvalue weighted by Crippen LogP contribution is 2.17. The van der Waals surface area contributed by atoms with Crippen molar-refractivity contribution in [2.75, 3.05) is 23.7 Å². The van der Waals surface area contributed by atoms with Crippen LogP contribution in [-0.2, 0) is 0 Å². The number of carbonyl (C=O) groups excluding carboxylic acids is 1. The average Bonchev–Trinajstić information content (AvgIpc) is 3.35. The second-order valence-electron chi connectivity index (χ2n) is 6.23. The maximum absolute atomic E-state index is 12.5. The number of aromatic nitrogens is 3. The number of benzene rings is 1. The van der Waals surface area contributed by atoms with Crippen molar-refractivity contribution in [3.63, 3.8) is 0 Å². The van der Waals surface area contributed by atoms with Gasteiger partial charge >= 0.3 is 6.03 Å². The Labute approximate surface area is 151 Å². The van der Waals surface area contributed by atoms with Gasteiger partial charge in [0, 0.05) is 37.2 Å². The molecule has 0 aliphatic carbocycles. The van der Waals surface area contributed by atoms with Crippen molar-refractivity contribution < 1.29 is 4.79 Å². The van der Waals surface area contributed by atoms with Gasteiger partial charge in [-0.05, 0) is 36.8 Å².